The Morgan fingerprint density at radius 3 is 2.45 bits per heavy atom. The van der Waals surface area contributed by atoms with Crippen molar-refractivity contribution in [3.8, 4) is 5.75 Å². The molecule has 0 aliphatic rings. The first-order chi connectivity index (χ1) is 5.15. The van der Waals surface area contributed by atoms with Gasteiger partial charge in [-0.3, -0.25) is 0 Å². The lowest BCUT2D eigenvalue weighted by Gasteiger charge is -2.02. The molecular formula is C7H5Cl2FO. The Bertz CT molecular complexity index is 275. The summed E-state index contributed by atoms with van der Waals surface area (Å²) in [6.45, 7) is 0. The van der Waals surface area contributed by atoms with E-state index >= 15 is 0 Å². The topological polar surface area (TPSA) is 9.23 Å². The first kappa shape index (κ1) is 8.62. The van der Waals surface area contributed by atoms with Gasteiger partial charge in [-0.2, -0.15) is 0 Å². The molecule has 0 amide bonds. The summed E-state index contributed by atoms with van der Waals surface area (Å²) in [7, 11) is 1.44. The third-order valence-electron chi connectivity index (χ3n) is 1.19. The molecule has 0 N–H and O–H groups in total. The Hall–Kier alpha value is -0.470. The fourth-order valence-corrected chi connectivity index (χ4v) is 1.04. The molecule has 1 aromatic rings. The molecule has 0 aliphatic carbocycles. The van der Waals surface area contributed by atoms with Crippen LogP contribution in [0.4, 0.5) is 4.39 Å². The van der Waals surface area contributed by atoms with Crippen LogP contribution in [0, 0.1) is 5.82 Å². The summed E-state index contributed by atoms with van der Waals surface area (Å²) in [6, 6.07) is 2.45. The van der Waals surface area contributed by atoms with Gasteiger partial charge in [0, 0.05) is 6.07 Å². The van der Waals surface area contributed by atoms with Crippen LogP contribution in [0.25, 0.3) is 0 Å². The zero-order valence-electron chi connectivity index (χ0n) is 5.70. The molecule has 0 saturated heterocycles. The maximum Gasteiger partial charge on any atom is 0.143 e. The molecule has 0 heterocycles. The zero-order chi connectivity index (χ0) is 8.43. The molecular weight excluding hydrogens is 190 g/mol. The molecule has 0 bridgehead atoms. The van der Waals surface area contributed by atoms with E-state index in [-0.39, 0.29) is 10.0 Å². The van der Waals surface area contributed by atoms with E-state index in [1.807, 2.05) is 0 Å². The van der Waals surface area contributed by atoms with Crippen LogP contribution < -0.4 is 4.74 Å². The van der Waals surface area contributed by atoms with Crippen molar-refractivity contribution in [1.29, 1.82) is 0 Å². The first-order valence-corrected chi connectivity index (χ1v) is 3.59. The van der Waals surface area contributed by atoms with Gasteiger partial charge in [0.2, 0.25) is 0 Å². The minimum atomic E-state index is -0.544. The molecule has 0 aromatic heterocycles. The molecule has 4 heteroatoms. The van der Waals surface area contributed by atoms with Crippen molar-refractivity contribution in [2.24, 2.45) is 0 Å². The van der Waals surface area contributed by atoms with E-state index in [0.29, 0.717) is 5.75 Å². The van der Waals surface area contributed by atoms with Crippen molar-refractivity contribution in [3.05, 3.63) is 28.0 Å². The molecule has 0 unspecified atom stereocenters. The van der Waals surface area contributed by atoms with Gasteiger partial charge in [0.25, 0.3) is 0 Å². The smallest absolute Gasteiger partial charge is 0.143 e. The summed E-state index contributed by atoms with van der Waals surface area (Å²) < 4.78 is 17.4. The SMILES string of the molecule is COc1cc(Cl)c(F)cc1Cl. The number of hydrogen-bond donors (Lipinski definition) is 0. The van der Waals surface area contributed by atoms with Gasteiger partial charge in [-0.1, -0.05) is 23.2 Å². The molecule has 0 atom stereocenters. The molecule has 1 aromatic carbocycles. The van der Waals surface area contributed by atoms with Gasteiger partial charge in [0.1, 0.15) is 11.6 Å². The highest BCUT2D eigenvalue weighted by Crippen LogP contribution is 2.29. The molecule has 0 spiro atoms. The largest absolute Gasteiger partial charge is 0.495 e. The Kier molecular flexibility index (Phi) is 2.58. The van der Waals surface area contributed by atoms with E-state index in [0.717, 1.165) is 6.07 Å². The van der Waals surface area contributed by atoms with Crippen molar-refractivity contribution in [3.63, 3.8) is 0 Å². The maximum absolute atomic E-state index is 12.6. The number of ether oxygens (including phenoxy) is 1. The van der Waals surface area contributed by atoms with Crippen LogP contribution in [-0.4, -0.2) is 7.11 Å². The lowest BCUT2D eigenvalue weighted by atomic mass is 10.3. The summed E-state index contributed by atoms with van der Waals surface area (Å²) in [4.78, 5) is 0. The minimum absolute atomic E-state index is 0.00579. The standard InChI is InChI=1S/C7H5Cl2FO/c1-11-7-3-4(8)6(10)2-5(7)9/h2-3H,1H3. The number of methoxy groups -OCH3 is 1. The molecule has 1 nitrogen and oxygen atoms in total. The average Bonchev–Trinajstić information content (AvgIpc) is 1.97. The molecule has 0 fully saturated rings. The molecule has 0 radical (unpaired) electrons. The van der Waals surface area contributed by atoms with Crippen LogP contribution in [0.3, 0.4) is 0 Å². The van der Waals surface area contributed by atoms with E-state index in [9.17, 15) is 4.39 Å². The van der Waals surface area contributed by atoms with Crippen LogP contribution in [0.15, 0.2) is 12.1 Å². The van der Waals surface area contributed by atoms with Crippen molar-refractivity contribution in [2.75, 3.05) is 7.11 Å². The monoisotopic (exact) mass is 194 g/mol. The number of benzene rings is 1. The van der Waals surface area contributed by atoms with Gasteiger partial charge in [0.15, 0.2) is 0 Å². The van der Waals surface area contributed by atoms with E-state index in [2.05, 4.69) is 0 Å². The van der Waals surface area contributed by atoms with E-state index < -0.39 is 5.82 Å². The molecule has 0 saturated carbocycles. The van der Waals surface area contributed by atoms with Gasteiger partial charge >= 0.3 is 0 Å². The molecule has 1 rings (SSSR count). The third kappa shape index (κ3) is 1.76. The third-order valence-corrected chi connectivity index (χ3v) is 1.78. The lowest BCUT2D eigenvalue weighted by Crippen LogP contribution is -1.85. The second kappa shape index (κ2) is 3.28. The van der Waals surface area contributed by atoms with Crippen LogP contribution in [0.2, 0.25) is 10.0 Å². The van der Waals surface area contributed by atoms with Gasteiger partial charge in [0.05, 0.1) is 17.2 Å². The summed E-state index contributed by atoms with van der Waals surface area (Å²) in [5.74, 6) is -0.171. The van der Waals surface area contributed by atoms with Crippen LogP contribution in [0.5, 0.6) is 5.75 Å². The van der Waals surface area contributed by atoms with E-state index in [1.165, 1.54) is 13.2 Å². The summed E-state index contributed by atoms with van der Waals surface area (Å²) >= 11 is 11.0. The van der Waals surface area contributed by atoms with Crippen molar-refractivity contribution in [2.45, 2.75) is 0 Å². The van der Waals surface area contributed by atoms with Crippen molar-refractivity contribution >= 4 is 23.2 Å². The van der Waals surface area contributed by atoms with Gasteiger partial charge in [-0.25, -0.2) is 4.39 Å². The van der Waals surface area contributed by atoms with E-state index in [4.69, 9.17) is 27.9 Å². The number of rotatable bonds is 1. The minimum Gasteiger partial charge on any atom is -0.495 e. The fourth-order valence-electron chi connectivity index (χ4n) is 0.661. The summed E-state index contributed by atoms with van der Waals surface area (Å²) in [5, 5.41) is 0.223. The molecule has 60 valence electrons. The Morgan fingerprint density at radius 1 is 1.27 bits per heavy atom. The van der Waals surface area contributed by atoms with Crippen LogP contribution in [-0.2, 0) is 0 Å². The molecule has 11 heavy (non-hydrogen) atoms. The second-order valence-electron chi connectivity index (χ2n) is 1.90. The highest BCUT2D eigenvalue weighted by molar-refractivity contribution is 6.34. The van der Waals surface area contributed by atoms with Crippen molar-refractivity contribution in [1.82, 2.24) is 0 Å². The highest BCUT2D eigenvalue weighted by atomic mass is 35.5. The van der Waals surface area contributed by atoms with Crippen molar-refractivity contribution < 1.29 is 9.13 Å². The predicted molar refractivity (Wildman–Crippen MR) is 43.0 cm³/mol. The highest BCUT2D eigenvalue weighted by Gasteiger charge is 2.05. The molecule has 0 aliphatic heterocycles. The summed E-state index contributed by atoms with van der Waals surface area (Å²) in [5.41, 5.74) is 0. The fraction of sp³-hybridized carbons (Fsp3) is 0.143. The quantitative estimate of drug-likeness (QED) is 0.625. The van der Waals surface area contributed by atoms with Crippen LogP contribution >= 0.6 is 23.2 Å². The Labute approximate surface area is 73.7 Å². The first-order valence-electron chi connectivity index (χ1n) is 2.83. The maximum atomic E-state index is 12.6. The Balaban J connectivity index is 3.21. The lowest BCUT2D eigenvalue weighted by molar-refractivity contribution is 0.414. The zero-order valence-corrected chi connectivity index (χ0v) is 7.21. The Morgan fingerprint density at radius 2 is 1.91 bits per heavy atom. The second-order valence-corrected chi connectivity index (χ2v) is 2.72. The summed E-state index contributed by atoms with van der Waals surface area (Å²) in [6.07, 6.45) is 0. The number of halogens is 3. The van der Waals surface area contributed by atoms with Gasteiger partial charge < -0.3 is 4.74 Å². The number of hydrogen-bond acceptors (Lipinski definition) is 1. The normalized spacial score (nSPS) is 9.82. The van der Waals surface area contributed by atoms with E-state index in [1.54, 1.807) is 0 Å². The average molecular weight is 195 g/mol. The van der Waals surface area contributed by atoms with Crippen LogP contribution in [0.1, 0.15) is 0 Å². The predicted octanol–water partition coefficient (Wildman–Crippen LogP) is 3.14. The van der Waals surface area contributed by atoms with Gasteiger partial charge in [-0.05, 0) is 6.07 Å². The van der Waals surface area contributed by atoms with Gasteiger partial charge in [-0.15, -0.1) is 0 Å².